The van der Waals surface area contributed by atoms with Crippen LogP contribution in [0.1, 0.15) is 68.9 Å². The largest absolute Gasteiger partial charge is 0.393 e. The predicted molar refractivity (Wildman–Crippen MR) is 104 cm³/mol. The van der Waals surface area contributed by atoms with Gasteiger partial charge in [0.05, 0.1) is 6.42 Å². The maximum absolute atomic E-state index is 12.9. The lowest BCUT2D eigenvalue weighted by Crippen LogP contribution is -2.46. The van der Waals surface area contributed by atoms with Crippen LogP contribution in [0.5, 0.6) is 0 Å². The van der Waals surface area contributed by atoms with Crippen molar-refractivity contribution < 1.29 is 13.2 Å². The number of rotatable bonds is 5. The average Bonchev–Trinajstić information content (AvgIpc) is 2.59. The third-order valence-corrected chi connectivity index (χ3v) is 6.58. The Hall–Kier alpha value is -1.07. The second kappa shape index (κ2) is 8.52. The van der Waals surface area contributed by atoms with Gasteiger partial charge in [0.25, 0.3) is 0 Å². The van der Waals surface area contributed by atoms with Crippen LogP contribution < -0.4 is 5.73 Å². The molecule has 2 fully saturated rings. The molecule has 0 aromatic heterocycles. The molecule has 1 heterocycles. The molecule has 1 aromatic rings. The van der Waals surface area contributed by atoms with Gasteiger partial charge in [-0.25, -0.2) is 0 Å². The quantitative estimate of drug-likeness (QED) is 0.752. The van der Waals surface area contributed by atoms with Gasteiger partial charge in [-0.2, -0.15) is 13.2 Å². The summed E-state index contributed by atoms with van der Waals surface area (Å²) in [4.78, 5) is 2.44. The summed E-state index contributed by atoms with van der Waals surface area (Å²) in [5.74, 6) is 0.260. The molecule has 1 saturated heterocycles. The first-order chi connectivity index (χ1) is 12.8. The van der Waals surface area contributed by atoms with Crippen molar-refractivity contribution in [2.45, 2.75) is 76.4 Å². The number of hydrogen-bond acceptors (Lipinski definition) is 2. The van der Waals surface area contributed by atoms with E-state index >= 15 is 0 Å². The SMILES string of the molecule is CC1(C(CN2CCCC(N)C2)c2cccc(CC(F)(F)F)c2)CCCCC1. The van der Waals surface area contributed by atoms with Gasteiger partial charge in [-0.05, 0) is 48.8 Å². The van der Waals surface area contributed by atoms with Crippen molar-refractivity contribution in [3.05, 3.63) is 35.4 Å². The van der Waals surface area contributed by atoms with Gasteiger partial charge in [0.15, 0.2) is 0 Å². The van der Waals surface area contributed by atoms with Crippen LogP contribution in [0.4, 0.5) is 13.2 Å². The van der Waals surface area contributed by atoms with E-state index in [-0.39, 0.29) is 17.4 Å². The summed E-state index contributed by atoms with van der Waals surface area (Å²) in [7, 11) is 0. The maximum atomic E-state index is 12.9. The molecular formula is C22H33F3N2. The molecule has 0 radical (unpaired) electrons. The summed E-state index contributed by atoms with van der Waals surface area (Å²) in [6.45, 7) is 5.19. The summed E-state index contributed by atoms with van der Waals surface area (Å²) < 4.78 is 38.7. The summed E-state index contributed by atoms with van der Waals surface area (Å²) in [5, 5.41) is 0. The topological polar surface area (TPSA) is 29.3 Å². The number of benzene rings is 1. The molecule has 27 heavy (non-hydrogen) atoms. The molecule has 1 saturated carbocycles. The van der Waals surface area contributed by atoms with E-state index in [1.807, 2.05) is 12.1 Å². The van der Waals surface area contributed by atoms with Gasteiger partial charge in [0.1, 0.15) is 0 Å². The average molecular weight is 383 g/mol. The lowest BCUT2D eigenvalue weighted by molar-refractivity contribution is -0.127. The molecule has 3 rings (SSSR count). The molecule has 1 aliphatic heterocycles. The molecule has 1 aromatic carbocycles. The van der Waals surface area contributed by atoms with Gasteiger partial charge in [0, 0.05) is 25.0 Å². The molecule has 1 aliphatic carbocycles. The lowest BCUT2D eigenvalue weighted by Gasteiger charge is -2.44. The number of nitrogens with two attached hydrogens (primary N) is 1. The Morgan fingerprint density at radius 1 is 1.19 bits per heavy atom. The van der Waals surface area contributed by atoms with Crippen LogP contribution in [0, 0.1) is 5.41 Å². The molecule has 152 valence electrons. The molecule has 0 amide bonds. The van der Waals surface area contributed by atoms with Gasteiger partial charge < -0.3 is 10.6 Å². The summed E-state index contributed by atoms with van der Waals surface area (Å²) >= 11 is 0. The third-order valence-electron chi connectivity index (χ3n) is 6.58. The third kappa shape index (κ3) is 5.71. The monoisotopic (exact) mass is 382 g/mol. The Morgan fingerprint density at radius 3 is 2.59 bits per heavy atom. The van der Waals surface area contributed by atoms with E-state index in [0.29, 0.717) is 5.56 Å². The number of halogens is 3. The second-order valence-corrected chi connectivity index (χ2v) is 8.97. The van der Waals surface area contributed by atoms with E-state index in [1.54, 1.807) is 12.1 Å². The molecule has 0 bridgehead atoms. The highest BCUT2D eigenvalue weighted by Gasteiger charge is 2.38. The fraction of sp³-hybridized carbons (Fsp3) is 0.727. The van der Waals surface area contributed by atoms with E-state index in [9.17, 15) is 13.2 Å². The molecule has 2 unspecified atom stereocenters. The van der Waals surface area contributed by atoms with Gasteiger partial charge in [-0.3, -0.25) is 0 Å². The summed E-state index contributed by atoms with van der Waals surface area (Å²) in [5.41, 5.74) is 7.77. The van der Waals surface area contributed by atoms with Crippen LogP contribution in [0.3, 0.4) is 0 Å². The van der Waals surface area contributed by atoms with Crippen LogP contribution in [-0.2, 0) is 6.42 Å². The molecule has 2 N–H and O–H groups in total. The number of likely N-dealkylation sites (tertiary alicyclic amines) is 1. The summed E-state index contributed by atoms with van der Waals surface area (Å²) in [6, 6.07) is 7.47. The number of alkyl halides is 3. The zero-order chi connectivity index (χ0) is 19.5. The Bertz CT molecular complexity index is 608. The Labute approximate surface area is 161 Å². The molecular weight excluding hydrogens is 349 g/mol. The van der Waals surface area contributed by atoms with E-state index < -0.39 is 12.6 Å². The highest BCUT2D eigenvalue weighted by atomic mass is 19.4. The fourth-order valence-electron chi connectivity index (χ4n) is 5.10. The standard InChI is InChI=1S/C22H33F3N2/c1-21(10-3-2-4-11-21)20(16-27-12-6-9-19(26)15-27)18-8-5-7-17(13-18)14-22(23,24)25/h5,7-8,13,19-20H,2-4,6,9-12,14-16,26H2,1H3. The van der Waals surface area contributed by atoms with Crippen molar-refractivity contribution in [3.63, 3.8) is 0 Å². The highest BCUT2D eigenvalue weighted by Crippen LogP contribution is 2.47. The maximum Gasteiger partial charge on any atom is 0.393 e. The van der Waals surface area contributed by atoms with Gasteiger partial charge in [0.2, 0.25) is 0 Å². The molecule has 0 spiro atoms. The number of nitrogens with zero attached hydrogens (tertiary/aromatic N) is 1. The zero-order valence-electron chi connectivity index (χ0n) is 16.4. The van der Waals surface area contributed by atoms with Crippen LogP contribution in [-0.4, -0.2) is 36.8 Å². The minimum atomic E-state index is -4.16. The minimum Gasteiger partial charge on any atom is -0.327 e. The van der Waals surface area contributed by atoms with Crippen molar-refractivity contribution in [3.8, 4) is 0 Å². The van der Waals surface area contributed by atoms with Crippen LogP contribution in [0.25, 0.3) is 0 Å². The Kier molecular flexibility index (Phi) is 6.52. The minimum absolute atomic E-state index is 0.149. The van der Waals surface area contributed by atoms with E-state index in [4.69, 9.17) is 5.73 Å². The van der Waals surface area contributed by atoms with Crippen molar-refractivity contribution in [2.24, 2.45) is 11.1 Å². The molecule has 2 atom stereocenters. The number of hydrogen-bond donors (Lipinski definition) is 1. The van der Waals surface area contributed by atoms with E-state index in [1.165, 1.54) is 19.3 Å². The Morgan fingerprint density at radius 2 is 1.93 bits per heavy atom. The molecule has 2 aliphatic rings. The first-order valence-electron chi connectivity index (χ1n) is 10.4. The van der Waals surface area contributed by atoms with Gasteiger partial charge >= 0.3 is 6.18 Å². The second-order valence-electron chi connectivity index (χ2n) is 8.97. The van der Waals surface area contributed by atoms with Crippen molar-refractivity contribution in [2.75, 3.05) is 19.6 Å². The molecule has 5 heteroatoms. The normalized spacial score (nSPS) is 25.3. The van der Waals surface area contributed by atoms with Crippen LogP contribution >= 0.6 is 0 Å². The van der Waals surface area contributed by atoms with Gasteiger partial charge in [-0.1, -0.05) is 50.5 Å². The Balaban J connectivity index is 1.86. The van der Waals surface area contributed by atoms with Crippen molar-refractivity contribution >= 4 is 0 Å². The van der Waals surface area contributed by atoms with E-state index in [0.717, 1.165) is 50.9 Å². The van der Waals surface area contributed by atoms with Crippen molar-refractivity contribution in [1.82, 2.24) is 4.90 Å². The molecule has 2 nitrogen and oxygen atoms in total. The first kappa shape index (κ1) is 20.7. The van der Waals surface area contributed by atoms with Crippen molar-refractivity contribution in [1.29, 1.82) is 0 Å². The van der Waals surface area contributed by atoms with E-state index in [2.05, 4.69) is 11.8 Å². The fourth-order valence-corrected chi connectivity index (χ4v) is 5.10. The smallest absolute Gasteiger partial charge is 0.327 e. The van der Waals surface area contributed by atoms with Crippen LogP contribution in [0.15, 0.2) is 24.3 Å². The van der Waals surface area contributed by atoms with Crippen LogP contribution in [0.2, 0.25) is 0 Å². The highest BCUT2D eigenvalue weighted by molar-refractivity contribution is 5.29. The zero-order valence-corrected chi connectivity index (χ0v) is 16.4. The first-order valence-corrected chi connectivity index (χ1v) is 10.4. The lowest BCUT2D eigenvalue weighted by atomic mass is 9.64. The number of piperidine rings is 1. The van der Waals surface area contributed by atoms with Gasteiger partial charge in [-0.15, -0.1) is 0 Å². The summed E-state index contributed by atoms with van der Waals surface area (Å²) in [6.07, 6.45) is 3.18. The predicted octanol–water partition coefficient (Wildman–Crippen LogP) is 5.27.